The van der Waals surface area contributed by atoms with Crippen molar-refractivity contribution in [2.24, 2.45) is 5.92 Å². The summed E-state index contributed by atoms with van der Waals surface area (Å²) in [7, 11) is -3.09. The van der Waals surface area contributed by atoms with Crippen LogP contribution in [0.5, 0.6) is 0 Å². The second-order valence-corrected chi connectivity index (χ2v) is 8.94. The molecule has 2 aromatic rings. The first-order chi connectivity index (χ1) is 11.9. The molecule has 0 atom stereocenters. The minimum absolute atomic E-state index is 0.151. The molecule has 0 bridgehead atoms. The summed E-state index contributed by atoms with van der Waals surface area (Å²) in [6.07, 6.45) is 1.65. The van der Waals surface area contributed by atoms with Crippen molar-refractivity contribution in [2.75, 3.05) is 30.7 Å². The summed E-state index contributed by atoms with van der Waals surface area (Å²) in [5.41, 5.74) is 0.567. The van der Waals surface area contributed by atoms with Crippen molar-refractivity contribution in [3.8, 4) is 0 Å². The summed E-state index contributed by atoms with van der Waals surface area (Å²) in [4.78, 5) is 4.45. The number of pyridine rings is 1. The van der Waals surface area contributed by atoms with E-state index in [0.29, 0.717) is 35.7 Å². The fraction of sp³-hybridized carbons (Fsp3) is 0.471. The molecule has 1 fully saturated rings. The molecular weight excluding hydrogens is 365 g/mol. The Morgan fingerprint density at radius 1 is 1.32 bits per heavy atom. The van der Waals surface area contributed by atoms with Crippen molar-refractivity contribution in [2.45, 2.75) is 19.8 Å². The van der Waals surface area contributed by atoms with Crippen LogP contribution >= 0.6 is 11.6 Å². The molecule has 25 heavy (non-hydrogen) atoms. The van der Waals surface area contributed by atoms with Crippen LogP contribution in [-0.4, -0.2) is 43.1 Å². The van der Waals surface area contributed by atoms with Gasteiger partial charge in [0, 0.05) is 25.0 Å². The van der Waals surface area contributed by atoms with E-state index in [9.17, 15) is 12.8 Å². The molecule has 1 N–H and O–H groups in total. The molecule has 0 aliphatic carbocycles. The van der Waals surface area contributed by atoms with Crippen molar-refractivity contribution in [1.82, 2.24) is 9.29 Å². The standard InChI is InChI=1S/C17H21ClFN3O2S/c1-2-25(23,24)22-7-5-12(6-8-22)11-20-16-4-3-13-9-14(19)10-15(18)17(13)21-16/h3-4,9-10,12H,2,5-8,11H2,1H3,(H,20,21). The van der Waals surface area contributed by atoms with Gasteiger partial charge >= 0.3 is 0 Å². The van der Waals surface area contributed by atoms with Crippen LogP contribution in [0.2, 0.25) is 5.02 Å². The Kier molecular flexibility index (Phi) is 5.46. The van der Waals surface area contributed by atoms with Gasteiger partial charge in [-0.05, 0) is 49.9 Å². The zero-order valence-corrected chi connectivity index (χ0v) is 15.6. The lowest BCUT2D eigenvalue weighted by molar-refractivity contribution is 0.282. The third-order valence-electron chi connectivity index (χ3n) is 4.61. The number of nitrogens with zero attached hydrogens (tertiary/aromatic N) is 2. The maximum absolute atomic E-state index is 13.4. The average molecular weight is 386 g/mol. The van der Waals surface area contributed by atoms with Gasteiger partial charge in [0.2, 0.25) is 10.0 Å². The number of rotatable bonds is 5. The first kappa shape index (κ1) is 18.4. The van der Waals surface area contributed by atoms with Gasteiger partial charge in [-0.25, -0.2) is 22.1 Å². The van der Waals surface area contributed by atoms with Crippen molar-refractivity contribution in [1.29, 1.82) is 0 Å². The molecule has 8 heteroatoms. The van der Waals surface area contributed by atoms with E-state index >= 15 is 0 Å². The number of anilines is 1. The van der Waals surface area contributed by atoms with E-state index in [-0.39, 0.29) is 16.6 Å². The fourth-order valence-corrected chi connectivity index (χ4v) is 4.47. The van der Waals surface area contributed by atoms with Gasteiger partial charge in [-0.3, -0.25) is 0 Å². The molecule has 0 radical (unpaired) electrons. The SMILES string of the molecule is CCS(=O)(=O)N1CCC(CNc2ccc3cc(F)cc(Cl)c3n2)CC1. The lowest BCUT2D eigenvalue weighted by Gasteiger charge is -2.31. The lowest BCUT2D eigenvalue weighted by Crippen LogP contribution is -2.40. The molecule has 1 aliphatic rings. The molecule has 0 amide bonds. The predicted octanol–water partition coefficient (Wildman–Crippen LogP) is 3.50. The number of halogens is 2. The highest BCUT2D eigenvalue weighted by Crippen LogP contribution is 2.25. The lowest BCUT2D eigenvalue weighted by atomic mass is 9.98. The summed E-state index contributed by atoms with van der Waals surface area (Å²) in [5.74, 6) is 0.848. The Balaban J connectivity index is 1.60. The number of benzene rings is 1. The number of sulfonamides is 1. The largest absolute Gasteiger partial charge is 0.370 e. The highest BCUT2D eigenvalue weighted by molar-refractivity contribution is 7.89. The summed E-state index contributed by atoms with van der Waals surface area (Å²) in [5, 5.41) is 4.23. The minimum atomic E-state index is -3.09. The first-order valence-electron chi connectivity index (χ1n) is 8.36. The molecule has 1 aliphatic heterocycles. The third-order valence-corrected chi connectivity index (χ3v) is 6.78. The van der Waals surface area contributed by atoms with Crippen LogP contribution in [-0.2, 0) is 10.0 Å². The van der Waals surface area contributed by atoms with E-state index in [0.717, 1.165) is 19.4 Å². The summed E-state index contributed by atoms with van der Waals surface area (Å²) in [6, 6.07) is 6.25. The maximum Gasteiger partial charge on any atom is 0.213 e. The van der Waals surface area contributed by atoms with Gasteiger partial charge in [-0.2, -0.15) is 0 Å². The Labute approximate surface area is 152 Å². The second kappa shape index (κ2) is 7.43. The topological polar surface area (TPSA) is 62.3 Å². The second-order valence-electron chi connectivity index (χ2n) is 6.28. The van der Waals surface area contributed by atoms with Crippen LogP contribution in [0.4, 0.5) is 10.2 Å². The van der Waals surface area contributed by atoms with Crippen LogP contribution < -0.4 is 5.32 Å². The van der Waals surface area contributed by atoms with Gasteiger partial charge in [0.25, 0.3) is 0 Å². The van der Waals surface area contributed by atoms with Crippen molar-refractivity contribution < 1.29 is 12.8 Å². The van der Waals surface area contributed by atoms with Gasteiger partial charge in [-0.1, -0.05) is 11.6 Å². The number of hydrogen-bond donors (Lipinski definition) is 1. The number of nitrogens with one attached hydrogen (secondary N) is 1. The van der Waals surface area contributed by atoms with Crippen LogP contribution in [0.15, 0.2) is 24.3 Å². The number of fused-ring (bicyclic) bond motifs is 1. The quantitative estimate of drug-likeness (QED) is 0.855. The third kappa shape index (κ3) is 4.22. The minimum Gasteiger partial charge on any atom is -0.370 e. The van der Waals surface area contributed by atoms with Crippen LogP contribution in [0.3, 0.4) is 0 Å². The van der Waals surface area contributed by atoms with E-state index < -0.39 is 10.0 Å². The van der Waals surface area contributed by atoms with Gasteiger partial charge in [0.1, 0.15) is 11.6 Å². The molecule has 136 valence electrons. The number of aromatic nitrogens is 1. The molecule has 3 rings (SSSR count). The van der Waals surface area contributed by atoms with E-state index in [4.69, 9.17) is 11.6 Å². The van der Waals surface area contributed by atoms with Crippen molar-refractivity contribution in [3.05, 3.63) is 35.1 Å². The normalized spacial score (nSPS) is 17.1. The summed E-state index contributed by atoms with van der Waals surface area (Å²) in [6.45, 7) is 3.53. The molecule has 1 aromatic carbocycles. The first-order valence-corrected chi connectivity index (χ1v) is 10.4. The van der Waals surface area contributed by atoms with E-state index in [1.54, 1.807) is 23.4 Å². The zero-order valence-electron chi connectivity index (χ0n) is 14.0. The predicted molar refractivity (Wildman–Crippen MR) is 99.0 cm³/mol. The van der Waals surface area contributed by atoms with Gasteiger partial charge in [-0.15, -0.1) is 0 Å². The zero-order chi connectivity index (χ0) is 18.0. The van der Waals surface area contributed by atoms with E-state index in [1.807, 2.05) is 0 Å². The number of hydrogen-bond acceptors (Lipinski definition) is 4. The van der Waals surface area contributed by atoms with Crippen LogP contribution in [0, 0.1) is 11.7 Å². The van der Waals surface area contributed by atoms with Crippen molar-refractivity contribution >= 4 is 38.3 Å². The van der Waals surface area contributed by atoms with Gasteiger partial charge in [0.15, 0.2) is 0 Å². The van der Waals surface area contributed by atoms with Crippen LogP contribution in [0.25, 0.3) is 10.9 Å². The maximum atomic E-state index is 13.4. The molecular formula is C17H21ClFN3O2S. The molecule has 1 aromatic heterocycles. The van der Waals surface area contributed by atoms with Crippen LogP contribution in [0.1, 0.15) is 19.8 Å². The van der Waals surface area contributed by atoms with Gasteiger partial charge < -0.3 is 5.32 Å². The van der Waals surface area contributed by atoms with Crippen molar-refractivity contribution in [3.63, 3.8) is 0 Å². The summed E-state index contributed by atoms with van der Waals surface area (Å²) < 4.78 is 38.7. The molecule has 0 spiro atoms. The monoisotopic (exact) mass is 385 g/mol. The highest BCUT2D eigenvalue weighted by Gasteiger charge is 2.26. The molecule has 2 heterocycles. The Morgan fingerprint density at radius 2 is 2.04 bits per heavy atom. The smallest absolute Gasteiger partial charge is 0.213 e. The van der Waals surface area contributed by atoms with E-state index in [2.05, 4.69) is 10.3 Å². The molecule has 5 nitrogen and oxygen atoms in total. The Hall–Kier alpha value is -1.44. The number of piperidine rings is 1. The fourth-order valence-electron chi connectivity index (χ4n) is 3.08. The Bertz CT molecular complexity index is 868. The highest BCUT2D eigenvalue weighted by atomic mass is 35.5. The molecule has 0 saturated carbocycles. The average Bonchev–Trinajstić information content (AvgIpc) is 2.60. The van der Waals surface area contributed by atoms with Gasteiger partial charge in [0.05, 0.1) is 16.3 Å². The Morgan fingerprint density at radius 3 is 2.72 bits per heavy atom. The van der Waals surface area contributed by atoms with E-state index in [1.165, 1.54) is 12.1 Å². The molecule has 1 saturated heterocycles. The molecule has 0 unspecified atom stereocenters. The summed E-state index contributed by atoms with van der Waals surface area (Å²) >= 11 is 6.06.